The van der Waals surface area contributed by atoms with Crippen molar-refractivity contribution in [3.8, 4) is 5.75 Å². The molecule has 3 heteroatoms. The molecule has 90 valence electrons. The zero-order valence-corrected chi connectivity index (χ0v) is 10.4. The monoisotopic (exact) mass is 222 g/mol. The first kappa shape index (κ1) is 13.0. The van der Waals surface area contributed by atoms with Crippen LogP contribution in [-0.4, -0.2) is 20.2 Å². The second-order valence-corrected chi connectivity index (χ2v) is 4.17. The summed E-state index contributed by atoms with van der Waals surface area (Å²) in [6.07, 6.45) is 2.06. The van der Waals surface area contributed by atoms with Gasteiger partial charge in [0, 0.05) is 12.1 Å². The molecule has 2 unspecified atom stereocenters. The molecule has 0 aromatic heterocycles. The highest BCUT2D eigenvalue weighted by atomic mass is 16.5. The minimum atomic E-state index is 0.251. The molecule has 0 bridgehead atoms. The first-order valence-electron chi connectivity index (χ1n) is 5.74. The molecule has 0 saturated heterocycles. The van der Waals surface area contributed by atoms with Crippen molar-refractivity contribution in [1.29, 1.82) is 0 Å². The van der Waals surface area contributed by atoms with Crippen LogP contribution in [0.1, 0.15) is 31.4 Å². The number of methoxy groups -OCH3 is 1. The van der Waals surface area contributed by atoms with Crippen molar-refractivity contribution in [2.24, 2.45) is 5.73 Å². The third-order valence-electron chi connectivity index (χ3n) is 2.76. The largest absolute Gasteiger partial charge is 0.497 e. The van der Waals surface area contributed by atoms with E-state index in [0.29, 0.717) is 6.04 Å². The number of hydrogen-bond donors (Lipinski definition) is 2. The van der Waals surface area contributed by atoms with Gasteiger partial charge in [0.2, 0.25) is 0 Å². The molecule has 1 aromatic carbocycles. The maximum Gasteiger partial charge on any atom is 0.119 e. The first-order valence-corrected chi connectivity index (χ1v) is 5.74. The predicted molar refractivity (Wildman–Crippen MR) is 67.7 cm³/mol. The lowest BCUT2D eigenvalue weighted by molar-refractivity contribution is 0.412. The summed E-state index contributed by atoms with van der Waals surface area (Å²) in [6, 6.07) is 8.77. The Bertz CT molecular complexity index is 313. The summed E-state index contributed by atoms with van der Waals surface area (Å²) in [4.78, 5) is 0. The van der Waals surface area contributed by atoms with Gasteiger partial charge in [0.25, 0.3) is 0 Å². The van der Waals surface area contributed by atoms with E-state index in [4.69, 9.17) is 10.5 Å². The van der Waals surface area contributed by atoms with Crippen LogP contribution in [0.15, 0.2) is 24.3 Å². The quantitative estimate of drug-likeness (QED) is 0.774. The van der Waals surface area contributed by atoms with Crippen LogP contribution in [0.2, 0.25) is 0 Å². The first-order chi connectivity index (χ1) is 7.67. The Morgan fingerprint density at radius 1 is 1.38 bits per heavy atom. The Hall–Kier alpha value is -1.06. The van der Waals surface area contributed by atoms with Crippen LogP contribution >= 0.6 is 0 Å². The Kier molecular flexibility index (Phi) is 5.29. The van der Waals surface area contributed by atoms with Gasteiger partial charge >= 0.3 is 0 Å². The second kappa shape index (κ2) is 6.51. The van der Waals surface area contributed by atoms with Crippen molar-refractivity contribution in [1.82, 2.24) is 5.32 Å². The van der Waals surface area contributed by atoms with Gasteiger partial charge in [-0.2, -0.15) is 0 Å². The van der Waals surface area contributed by atoms with Crippen LogP contribution in [0.4, 0.5) is 0 Å². The predicted octanol–water partition coefficient (Wildman–Crippen LogP) is 2.08. The number of rotatable bonds is 6. The van der Waals surface area contributed by atoms with Crippen molar-refractivity contribution in [3.05, 3.63) is 29.8 Å². The molecule has 0 aliphatic heterocycles. The molecule has 16 heavy (non-hydrogen) atoms. The highest BCUT2D eigenvalue weighted by Gasteiger charge is 2.10. The maximum absolute atomic E-state index is 5.78. The standard InChI is InChI=1S/C13H22N2O/c1-10(14)7-8-13(15-2)11-5-4-6-12(9-11)16-3/h4-6,9-10,13,15H,7-8,14H2,1-3H3. The molecule has 1 rings (SSSR count). The molecular formula is C13H22N2O. The van der Waals surface area contributed by atoms with E-state index < -0.39 is 0 Å². The SMILES string of the molecule is CNC(CCC(C)N)c1cccc(OC)c1. The minimum Gasteiger partial charge on any atom is -0.497 e. The molecule has 0 amide bonds. The average Bonchev–Trinajstić information content (AvgIpc) is 2.30. The van der Waals surface area contributed by atoms with Gasteiger partial charge in [-0.05, 0) is 44.5 Å². The molecule has 3 N–H and O–H groups in total. The van der Waals surface area contributed by atoms with E-state index in [1.165, 1.54) is 5.56 Å². The summed E-state index contributed by atoms with van der Waals surface area (Å²) in [5.74, 6) is 0.901. The molecule has 0 aliphatic carbocycles. The summed E-state index contributed by atoms with van der Waals surface area (Å²) in [7, 11) is 3.67. The minimum absolute atomic E-state index is 0.251. The lowest BCUT2D eigenvalue weighted by Gasteiger charge is -2.18. The topological polar surface area (TPSA) is 47.3 Å². The van der Waals surface area contributed by atoms with Crippen LogP contribution in [0.3, 0.4) is 0 Å². The highest BCUT2D eigenvalue weighted by Crippen LogP contribution is 2.22. The molecule has 0 saturated carbocycles. The summed E-state index contributed by atoms with van der Waals surface area (Å²) in [5, 5.41) is 3.31. The fourth-order valence-corrected chi connectivity index (χ4v) is 1.77. The van der Waals surface area contributed by atoms with E-state index >= 15 is 0 Å². The molecule has 3 nitrogen and oxygen atoms in total. The normalized spacial score (nSPS) is 14.5. The number of benzene rings is 1. The van der Waals surface area contributed by atoms with E-state index in [0.717, 1.165) is 18.6 Å². The zero-order chi connectivity index (χ0) is 12.0. The van der Waals surface area contributed by atoms with E-state index in [9.17, 15) is 0 Å². The smallest absolute Gasteiger partial charge is 0.119 e. The van der Waals surface area contributed by atoms with Gasteiger partial charge < -0.3 is 15.8 Å². The van der Waals surface area contributed by atoms with E-state index in [-0.39, 0.29) is 6.04 Å². The molecule has 0 heterocycles. The van der Waals surface area contributed by atoms with E-state index in [1.54, 1.807) is 7.11 Å². The summed E-state index contributed by atoms with van der Waals surface area (Å²) < 4.78 is 5.22. The van der Waals surface area contributed by atoms with Gasteiger partial charge in [-0.1, -0.05) is 12.1 Å². The Labute approximate surface area is 98.0 Å². The van der Waals surface area contributed by atoms with Crippen LogP contribution in [0.25, 0.3) is 0 Å². The molecule has 2 atom stereocenters. The Morgan fingerprint density at radius 3 is 2.69 bits per heavy atom. The third kappa shape index (κ3) is 3.83. The molecule has 0 aliphatic rings. The lowest BCUT2D eigenvalue weighted by Crippen LogP contribution is -2.21. The van der Waals surface area contributed by atoms with E-state index in [2.05, 4.69) is 17.4 Å². The Morgan fingerprint density at radius 2 is 2.12 bits per heavy atom. The number of ether oxygens (including phenoxy) is 1. The molecular weight excluding hydrogens is 200 g/mol. The molecule has 0 fully saturated rings. The van der Waals surface area contributed by atoms with Gasteiger partial charge in [0.05, 0.1) is 7.11 Å². The summed E-state index contributed by atoms with van der Waals surface area (Å²) in [5.41, 5.74) is 7.03. The number of nitrogens with one attached hydrogen (secondary N) is 1. The zero-order valence-electron chi connectivity index (χ0n) is 10.4. The van der Waals surface area contributed by atoms with Gasteiger partial charge in [0.15, 0.2) is 0 Å². The fraction of sp³-hybridized carbons (Fsp3) is 0.538. The maximum atomic E-state index is 5.78. The molecule has 0 spiro atoms. The molecule has 1 aromatic rings. The van der Waals surface area contributed by atoms with Crippen LogP contribution < -0.4 is 15.8 Å². The van der Waals surface area contributed by atoms with Crippen molar-refractivity contribution >= 4 is 0 Å². The fourth-order valence-electron chi connectivity index (χ4n) is 1.77. The summed E-state index contributed by atoms with van der Waals surface area (Å²) in [6.45, 7) is 2.04. The summed E-state index contributed by atoms with van der Waals surface area (Å²) >= 11 is 0. The average molecular weight is 222 g/mol. The van der Waals surface area contributed by atoms with Crippen LogP contribution in [-0.2, 0) is 0 Å². The van der Waals surface area contributed by atoms with Crippen molar-refractivity contribution < 1.29 is 4.74 Å². The molecule has 0 radical (unpaired) electrons. The van der Waals surface area contributed by atoms with Gasteiger partial charge in [-0.3, -0.25) is 0 Å². The lowest BCUT2D eigenvalue weighted by atomic mass is 10.00. The van der Waals surface area contributed by atoms with Crippen molar-refractivity contribution in [2.45, 2.75) is 31.8 Å². The van der Waals surface area contributed by atoms with Crippen LogP contribution in [0, 0.1) is 0 Å². The third-order valence-corrected chi connectivity index (χ3v) is 2.76. The highest BCUT2D eigenvalue weighted by molar-refractivity contribution is 5.30. The van der Waals surface area contributed by atoms with Gasteiger partial charge in [-0.25, -0.2) is 0 Å². The second-order valence-electron chi connectivity index (χ2n) is 4.17. The van der Waals surface area contributed by atoms with Crippen LogP contribution in [0.5, 0.6) is 5.75 Å². The number of hydrogen-bond acceptors (Lipinski definition) is 3. The van der Waals surface area contributed by atoms with Crippen molar-refractivity contribution in [3.63, 3.8) is 0 Å². The number of nitrogens with two attached hydrogens (primary N) is 1. The van der Waals surface area contributed by atoms with E-state index in [1.807, 2.05) is 26.1 Å². The Balaban J connectivity index is 2.70. The van der Waals surface area contributed by atoms with Crippen molar-refractivity contribution in [2.75, 3.05) is 14.2 Å². The van der Waals surface area contributed by atoms with Gasteiger partial charge in [-0.15, -0.1) is 0 Å². The van der Waals surface area contributed by atoms with Gasteiger partial charge in [0.1, 0.15) is 5.75 Å².